The summed E-state index contributed by atoms with van der Waals surface area (Å²) in [7, 11) is 4.28. The topological polar surface area (TPSA) is 65.1 Å². The van der Waals surface area contributed by atoms with Crippen LogP contribution in [0.5, 0.6) is 0 Å². The Bertz CT molecular complexity index is 583. The van der Waals surface area contributed by atoms with Crippen molar-refractivity contribution < 1.29 is 23.9 Å². The van der Waals surface area contributed by atoms with Gasteiger partial charge in [0.05, 0.1) is 20.3 Å². The van der Waals surface area contributed by atoms with Gasteiger partial charge in [0.1, 0.15) is 6.10 Å². The van der Waals surface area contributed by atoms with Crippen LogP contribution in [0.3, 0.4) is 0 Å². The van der Waals surface area contributed by atoms with E-state index in [1.54, 1.807) is 12.1 Å². The molecule has 0 spiro atoms. The molecule has 3 aliphatic rings. The lowest BCUT2D eigenvalue weighted by Crippen LogP contribution is -2.58. The van der Waals surface area contributed by atoms with E-state index < -0.39 is 23.4 Å². The first-order valence-corrected chi connectivity index (χ1v) is 6.71. The van der Waals surface area contributed by atoms with Crippen molar-refractivity contribution in [3.05, 3.63) is 35.4 Å². The number of hydrogen-bond acceptors (Lipinski definition) is 6. The molecule has 2 heterocycles. The number of hydrogen-bond donors (Lipinski definition) is 0. The molecule has 0 amide bonds. The van der Waals surface area contributed by atoms with Crippen LogP contribution in [0.25, 0.3) is 0 Å². The van der Waals surface area contributed by atoms with Crippen LogP contribution in [0.2, 0.25) is 0 Å². The summed E-state index contributed by atoms with van der Waals surface area (Å²) in [6.07, 6.45) is -0.146. The molecular formula is C15H17NO5. The van der Waals surface area contributed by atoms with E-state index in [-0.39, 0.29) is 12.5 Å². The lowest BCUT2D eigenvalue weighted by molar-refractivity contribution is -0.288. The maximum Gasteiger partial charge on any atom is 0.325 e. The fourth-order valence-corrected chi connectivity index (χ4v) is 3.53. The molecule has 21 heavy (non-hydrogen) atoms. The van der Waals surface area contributed by atoms with Gasteiger partial charge in [-0.2, -0.15) is 5.06 Å². The SMILES string of the molecule is COC(=O)C1(C(=O)OC)CC2ON(C)C1c1ccccc12. The Morgan fingerprint density at radius 1 is 1.19 bits per heavy atom. The van der Waals surface area contributed by atoms with Crippen LogP contribution in [0.15, 0.2) is 24.3 Å². The highest BCUT2D eigenvalue weighted by molar-refractivity contribution is 6.01. The zero-order valence-electron chi connectivity index (χ0n) is 12.2. The molecule has 0 radical (unpaired) electrons. The van der Waals surface area contributed by atoms with Gasteiger partial charge in [0.15, 0.2) is 5.41 Å². The average Bonchev–Trinajstić information content (AvgIpc) is 2.52. The molecule has 4 rings (SSSR count). The molecular weight excluding hydrogens is 274 g/mol. The number of rotatable bonds is 2. The first-order valence-electron chi connectivity index (χ1n) is 6.71. The minimum atomic E-state index is -1.39. The highest BCUT2D eigenvalue weighted by Gasteiger charge is 2.64. The number of benzene rings is 1. The van der Waals surface area contributed by atoms with Crippen molar-refractivity contribution in [2.75, 3.05) is 21.3 Å². The maximum atomic E-state index is 12.4. The summed E-state index contributed by atoms with van der Waals surface area (Å²) < 4.78 is 9.82. The van der Waals surface area contributed by atoms with Gasteiger partial charge in [-0.05, 0) is 11.1 Å². The Morgan fingerprint density at radius 3 is 2.33 bits per heavy atom. The quantitative estimate of drug-likeness (QED) is 0.606. The van der Waals surface area contributed by atoms with Crippen LogP contribution in [0.1, 0.15) is 29.7 Å². The van der Waals surface area contributed by atoms with Crippen molar-refractivity contribution in [2.24, 2.45) is 5.41 Å². The highest BCUT2D eigenvalue weighted by atomic mass is 16.7. The van der Waals surface area contributed by atoms with Crippen LogP contribution < -0.4 is 0 Å². The molecule has 1 aromatic carbocycles. The average molecular weight is 291 g/mol. The number of methoxy groups -OCH3 is 2. The van der Waals surface area contributed by atoms with Gasteiger partial charge in [-0.3, -0.25) is 14.4 Å². The Labute approximate surface area is 122 Å². The van der Waals surface area contributed by atoms with Crippen molar-refractivity contribution in [1.82, 2.24) is 5.06 Å². The smallest absolute Gasteiger partial charge is 0.325 e. The minimum Gasteiger partial charge on any atom is -0.468 e. The van der Waals surface area contributed by atoms with E-state index >= 15 is 0 Å². The molecule has 1 fully saturated rings. The van der Waals surface area contributed by atoms with Crippen molar-refractivity contribution in [3.63, 3.8) is 0 Å². The van der Waals surface area contributed by atoms with Gasteiger partial charge in [0, 0.05) is 13.5 Å². The fourth-order valence-electron chi connectivity index (χ4n) is 3.53. The fraction of sp³-hybridized carbons (Fsp3) is 0.467. The van der Waals surface area contributed by atoms with Crippen molar-refractivity contribution in [3.8, 4) is 0 Å². The summed E-state index contributed by atoms with van der Waals surface area (Å²) in [6.45, 7) is 0. The molecule has 112 valence electrons. The second-order valence-corrected chi connectivity index (χ2v) is 5.33. The zero-order chi connectivity index (χ0) is 15.2. The second kappa shape index (κ2) is 4.82. The lowest BCUT2D eigenvalue weighted by Gasteiger charge is -2.52. The number of carbonyl (C=O) groups is 2. The second-order valence-electron chi connectivity index (χ2n) is 5.33. The largest absolute Gasteiger partial charge is 0.468 e. The number of fused-ring (bicyclic) bond motifs is 2. The van der Waals surface area contributed by atoms with Gasteiger partial charge < -0.3 is 9.47 Å². The first kappa shape index (κ1) is 14.0. The van der Waals surface area contributed by atoms with Crippen LogP contribution >= 0.6 is 0 Å². The monoisotopic (exact) mass is 291 g/mol. The van der Waals surface area contributed by atoms with E-state index in [4.69, 9.17) is 14.3 Å². The first-order chi connectivity index (χ1) is 10.1. The van der Waals surface area contributed by atoms with Crippen molar-refractivity contribution in [1.29, 1.82) is 0 Å². The minimum absolute atomic E-state index is 0.221. The molecule has 6 heteroatoms. The van der Waals surface area contributed by atoms with Crippen LogP contribution in [0.4, 0.5) is 0 Å². The van der Waals surface area contributed by atoms with Crippen LogP contribution in [-0.4, -0.2) is 38.3 Å². The van der Waals surface area contributed by atoms with E-state index in [2.05, 4.69) is 0 Å². The van der Waals surface area contributed by atoms with Crippen LogP contribution in [-0.2, 0) is 23.9 Å². The molecule has 0 saturated carbocycles. The lowest BCUT2D eigenvalue weighted by atomic mass is 9.65. The molecule has 0 N–H and O–H groups in total. The molecule has 2 unspecified atom stereocenters. The molecule has 0 aromatic heterocycles. The van der Waals surface area contributed by atoms with Crippen LogP contribution in [0, 0.1) is 5.41 Å². The van der Waals surface area contributed by atoms with Gasteiger partial charge in [-0.25, -0.2) is 0 Å². The number of esters is 2. The standard InChI is InChI=1S/C15H17NO5/c1-16-12-10-7-5-4-6-9(10)11(21-16)8-15(12,13(17)19-2)14(18)20-3/h4-7,11-12H,8H2,1-3H3. The summed E-state index contributed by atoms with van der Waals surface area (Å²) in [5, 5.41) is 1.56. The van der Waals surface area contributed by atoms with Crippen molar-refractivity contribution >= 4 is 11.9 Å². The predicted octanol–water partition coefficient (Wildman–Crippen LogP) is 1.38. The number of hydroxylamine groups is 2. The summed E-state index contributed by atoms with van der Waals surface area (Å²) in [5.74, 6) is -1.18. The van der Waals surface area contributed by atoms with E-state index in [1.165, 1.54) is 14.2 Å². The third kappa shape index (κ3) is 1.72. The zero-order valence-corrected chi connectivity index (χ0v) is 12.2. The third-order valence-electron chi connectivity index (χ3n) is 4.37. The third-order valence-corrected chi connectivity index (χ3v) is 4.37. The summed E-state index contributed by atoms with van der Waals surface area (Å²) in [6, 6.07) is 7.11. The molecule has 2 atom stereocenters. The van der Waals surface area contributed by atoms with Gasteiger partial charge >= 0.3 is 11.9 Å². The van der Waals surface area contributed by atoms with E-state index in [0.29, 0.717) is 0 Å². The molecule has 1 aromatic rings. The molecule has 1 aliphatic carbocycles. The van der Waals surface area contributed by atoms with E-state index in [1.807, 2.05) is 24.3 Å². The Morgan fingerprint density at radius 2 is 1.76 bits per heavy atom. The number of nitrogens with zero attached hydrogens (tertiary/aromatic N) is 1. The normalized spacial score (nSPS) is 26.0. The van der Waals surface area contributed by atoms with Gasteiger partial charge in [0.25, 0.3) is 0 Å². The summed E-state index contributed by atoms with van der Waals surface area (Å²) in [5.41, 5.74) is 0.512. The van der Waals surface area contributed by atoms with E-state index in [0.717, 1.165) is 11.1 Å². The number of carbonyl (C=O) groups excluding carboxylic acids is 2. The number of ether oxygens (including phenoxy) is 2. The van der Waals surface area contributed by atoms with Crippen molar-refractivity contribution in [2.45, 2.75) is 18.6 Å². The summed E-state index contributed by atoms with van der Waals surface area (Å²) in [4.78, 5) is 30.6. The Hall–Kier alpha value is -1.92. The van der Waals surface area contributed by atoms with Gasteiger partial charge in [0.2, 0.25) is 0 Å². The summed E-state index contributed by atoms with van der Waals surface area (Å²) >= 11 is 0. The molecule has 2 aliphatic heterocycles. The highest BCUT2D eigenvalue weighted by Crippen LogP contribution is 2.57. The maximum absolute atomic E-state index is 12.4. The predicted molar refractivity (Wildman–Crippen MR) is 71.9 cm³/mol. The Balaban J connectivity index is 2.21. The molecule has 2 bridgehead atoms. The van der Waals surface area contributed by atoms with Gasteiger partial charge in [-0.15, -0.1) is 0 Å². The Kier molecular flexibility index (Phi) is 3.22. The van der Waals surface area contributed by atoms with E-state index in [9.17, 15) is 9.59 Å². The van der Waals surface area contributed by atoms with Gasteiger partial charge in [-0.1, -0.05) is 24.3 Å². The molecule has 1 saturated heterocycles. The molecule has 6 nitrogen and oxygen atoms in total.